The van der Waals surface area contributed by atoms with Crippen LogP contribution in [-0.2, 0) is 4.79 Å². The largest absolute Gasteiger partial charge is 0.351 e. The molecule has 0 saturated carbocycles. The molecule has 1 aromatic heterocycles. The average molecular weight is 288 g/mol. The zero-order chi connectivity index (χ0) is 11.9. The zero-order valence-electron chi connectivity index (χ0n) is 10.1. The molecule has 1 aliphatic rings. The van der Waals surface area contributed by atoms with Gasteiger partial charge in [0.2, 0.25) is 5.91 Å². The molecule has 0 radical (unpaired) electrons. The molecule has 1 atom stereocenters. The summed E-state index contributed by atoms with van der Waals surface area (Å²) in [6.07, 6.45) is 5.71. The number of nitrogens with zero attached hydrogens (tertiary/aromatic N) is 1. The van der Waals surface area contributed by atoms with Crippen LogP contribution in [-0.4, -0.2) is 35.8 Å². The van der Waals surface area contributed by atoms with Gasteiger partial charge in [-0.25, -0.2) is 0 Å². The number of carbonyl (C=O) groups excluding carboxylic acids is 1. The lowest BCUT2D eigenvalue weighted by Gasteiger charge is -2.23. The molecular formula is C12H18ClN3OS. The van der Waals surface area contributed by atoms with Gasteiger partial charge in [-0.05, 0) is 31.5 Å². The number of rotatable bonds is 4. The highest BCUT2D eigenvalue weighted by molar-refractivity contribution is 8.00. The van der Waals surface area contributed by atoms with Crippen LogP contribution in [0.5, 0.6) is 0 Å². The number of pyridine rings is 1. The third-order valence-corrected chi connectivity index (χ3v) is 3.69. The quantitative estimate of drug-likeness (QED) is 0.824. The summed E-state index contributed by atoms with van der Waals surface area (Å²) in [5, 5.41) is 6.34. The maximum atomic E-state index is 11.7. The molecule has 0 aromatic carbocycles. The maximum Gasteiger partial charge on any atom is 0.230 e. The highest BCUT2D eigenvalue weighted by Gasteiger charge is 2.14. The molecule has 6 heteroatoms. The van der Waals surface area contributed by atoms with Crippen molar-refractivity contribution in [3.05, 3.63) is 24.5 Å². The molecule has 1 saturated heterocycles. The number of piperidine rings is 1. The third kappa shape index (κ3) is 5.25. The molecule has 2 N–H and O–H groups in total. The van der Waals surface area contributed by atoms with E-state index in [9.17, 15) is 4.79 Å². The summed E-state index contributed by atoms with van der Waals surface area (Å²) in [6, 6.07) is 4.13. The molecule has 1 aromatic rings. The first kappa shape index (κ1) is 15.3. The van der Waals surface area contributed by atoms with Gasteiger partial charge in [0.25, 0.3) is 0 Å². The lowest BCUT2D eigenvalue weighted by atomic mass is 10.1. The molecule has 2 rings (SSSR count). The van der Waals surface area contributed by atoms with E-state index in [1.54, 1.807) is 24.2 Å². The molecule has 18 heavy (non-hydrogen) atoms. The topological polar surface area (TPSA) is 54.0 Å². The summed E-state index contributed by atoms with van der Waals surface area (Å²) in [5.41, 5.74) is 0. The normalized spacial score (nSPS) is 18.8. The third-order valence-electron chi connectivity index (χ3n) is 2.68. The Morgan fingerprint density at radius 2 is 2.28 bits per heavy atom. The Morgan fingerprint density at radius 3 is 2.94 bits per heavy atom. The first-order valence-corrected chi connectivity index (χ1v) is 6.86. The minimum atomic E-state index is 0. The summed E-state index contributed by atoms with van der Waals surface area (Å²) >= 11 is 1.54. The van der Waals surface area contributed by atoms with Crippen LogP contribution in [0.15, 0.2) is 29.4 Å². The Hall–Kier alpha value is -0.780. The van der Waals surface area contributed by atoms with Crippen molar-refractivity contribution in [2.45, 2.75) is 23.8 Å². The van der Waals surface area contributed by atoms with E-state index >= 15 is 0 Å². The van der Waals surface area contributed by atoms with Crippen LogP contribution >= 0.6 is 24.2 Å². The molecule has 0 bridgehead atoms. The van der Waals surface area contributed by atoms with Gasteiger partial charge in [-0.1, -0.05) is 0 Å². The number of hydrogen-bond donors (Lipinski definition) is 2. The molecule has 2 heterocycles. The Balaban J connectivity index is 0.00000162. The van der Waals surface area contributed by atoms with Crippen LogP contribution in [0.2, 0.25) is 0 Å². The van der Waals surface area contributed by atoms with Gasteiger partial charge in [-0.15, -0.1) is 24.2 Å². The van der Waals surface area contributed by atoms with Crippen LogP contribution < -0.4 is 10.6 Å². The molecule has 4 nitrogen and oxygen atoms in total. The fourth-order valence-corrected chi connectivity index (χ4v) is 2.52. The van der Waals surface area contributed by atoms with Crippen molar-refractivity contribution < 1.29 is 4.79 Å². The second-order valence-corrected chi connectivity index (χ2v) is 5.13. The van der Waals surface area contributed by atoms with Crippen molar-refractivity contribution in [2.24, 2.45) is 0 Å². The van der Waals surface area contributed by atoms with Gasteiger partial charge in [0, 0.05) is 29.9 Å². The highest BCUT2D eigenvalue weighted by atomic mass is 35.5. The number of nitrogens with one attached hydrogen (secondary N) is 2. The van der Waals surface area contributed by atoms with Gasteiger partial charge in [0.15, 0.2) is 0 Å². The second kappa shape index (κ2) is 8.34. The van der Waals surface area contributed by atoms with Crippen molar-refractivity contribution >= 4 is 30.1 Å². The van der Waals surface area contributed by atoms with Crippen molar-refractivity contribution in [1.82, 2.24) is 15.6 Å². The van der Waals surface area contributed by atoms with Gasteiger partial charge < -0.3 is 10.6 Å². The van der Waals surface area contributed by atoms with Crippen molar-refractivity contribution in [3.63, 3.8) is 0 Å². The molecule has 100 valence electrons. The summed E-state index contributed by atoms with van der Waals surface area (Å²) in [7, 11) is 0. The average Bonchev–Trinajstić information content (AvgIpc) is 2.39. The lowest BCUT2D eigenvalue weighted by Crippen LogP contribution is -2.46. The van der Waals surface area contributed by atoms with Crippen LogP contribution in [0.3, 0.4) is 0 Å². The predicted molar refractivity (Wildman–Crippen MR) is 76.2 cm³/mol. The highest BCUT2D eigenvalue weighted by Crippen LogP contribution is 2.15. The number of halogens is 1. The first-order chi connectivity index (χ1) is 8.34. The van der Waals surface area contributed by atoms with Crippen LogP contribution in [0.4, 0.5) is 0 Å². The van der Waals surface area contributed by atoms with E-state index in [4.69, 9.17) is 0 Å². The molecule has 0 spiro atoms. The second-order valence-electron chi connectivity index (χ2n) is 4.08. The number of thioether (sulfide) groups is 1. The van der Waals surface area contributed by atoms with Crippen LogP contribution in [0.1, 0.15) is 12.8 Å². The summed E-state index contributed by atoms with van der Waals surface area (Å²) < 4.78 is 0. The van der Waals surface area contributed by atoms with E-state index in [0.29, 0.717) is 11.8 Å². The van der Waals surface area contributed by atoms with Gasteiger partial charge in [-0.3, -0.25) is 9.78 Å². The van der Waals surface area contributed by atoms with Crippen LogP contribution in [0.25, 0.3) is 0 Å². The van der Waals surface area contributed by atoms with E-state index in [0.717, 1.165) is 30.8 Å². The Bertz CT molecular complexity index is 358. The summed E-state index contributed by atoms with van der Waals surface area (Å²) in [4.78, 5) is 16.7. The monoisotopic (exact) mass is 287 g/mol. The van der Waals surface area contributed by atoms with E-state index < -0.39 is 0 Å². The number of amides is 1. The first-order valence-electron chi connectivity index (χ1n) is 5.87. The fourth-order valence-electron chi connectivity index (χ4n) is 1.83. The minimum absolute atomic E-state index is 0. The fraction of sp³-hybridized carbons (Fsp3) is 0.500. The van der Waals surface area contributed by atoms with E-state index in [1.165, 1.54) is 0 Å². The van der Waals surface area contributed by atoms with Gasteiger partial charge in [-0.2, -0.15) is 0 Å². The number of carbonyl (C=O) groups is 1. The predicted octanol–water partition coefficient (Wildman–Crippen LogP) is 1.46. The van der Waals surface area contributed by atoms with Gasteiger partial charge >= 0.3 is 0 Å². The Labute approximate surface area is 118 Å². The van der Waals surface area contributed by atoms with Crippen LogP contribution in [0, 0.1) is 0 Å². The van der Waals surface area contributed by atoms with E-state index in [-0.39, 0.29) is 18.3 Å². The smallest absolute Gasteiger partial charge is 0.230 e. The lowest BCUT2D eigenvalue weighted by molar-refractivity contribution is -0.119. The summed E-state index contributed by atoms with van der Waals surface area (Å²) in [6.45, 7) is 1.96. The number of hydrogen-bond acceptors (Lipinski definition) is 4. The molecule has 1 fully saturated rings. The minimum Gasteiger partial charge on any atom is -0.351 e. The molecular weight excluding hydrogens is 270 g/mol. The van der Waals surface area contributed by atoms with Crippen molar-refractivity contribution in [3.8, 4) is 0 Å². The van der Waals surface area contributed by atoms with Crippen molar-refractivity contribution in [1.29, 1.82) is 0 Å². The summed E-state index contributed by atoms with van der Waals surface area (Å²) in [5.74, 6) is 0.584. The molecule has 1 aliphatic heterocycles. The van der Waals surface area contributed by atoms with Gasteiger partial charge in [0.05, 0.1) is 5.75 Å². The molecule has 1 amide bonds. The maximum absolute atomic E-state index is 11.7. The van der Waals surface area contributed by atoms with Gasteiger partial charge in [0.1, 0.15) is 0 Å². The molecule has 0 unspecified atom stereocenters. The SMILES string of the molecule is Cl.O=C(CSc1ccncc1)N[C@H]1CCCNC1. The van der Waals surface area contributed by atoms with E-state index in [1.807, 2.05) is 12.1 Å². The Kier molecular flexibility index (Phi) is 7.08. The number of aromatic nitrogens is 1. The van der Waals surface area contributed by atoms with E-state index in [2.05, 4.69) is 15.6 Å². The molecule has 0 aliphatic carbocycles. The van der Waals surface area contributed by atoms with Crippen molar-refractivity contribution in [2.75, 3.05) is 18.8 Å². The zero-order valence-corrected chi connectivity index (χ0v) is 11.7. The standard InChI is InChI=1S/C12H17N3OS.ClH/c16-12(15-10-2-1-5-14-8-10)9-17-11-3-6-13-7-4-11;/h3-4,6-7,10,14H,1-2,5,8-9H2,(H,15,16);1H/t10-;/m0./s1. The Morgan fingerprint density at radius 1 is 1.50 bits per heavy atom.